The molecule has 0 aliphatic heterocycles. The number of anilines is 1. The lowest BCUT2D eigenvalue weighted by Gasteiger charge is -2.09. The molecule has 0 saturated heterocycles. The van der Waals surface area contributed by atoms with Gasteiger partial charge in [-0.3, -0.25) is 4.79 Å². The quantitative estimate of drug-likeness (QED) is 0.864. The second-order valence-electron chi connectivity index (χ2n) is 4.36. The molecule has 100 valence electrons. The number of oxazole rings is 1. The van der Waals surface area contributed by atoms with E-state index in [4.69, 9.17) is 10.2 Å². The zero-order chi connectivity index (χ0) is 13.7. The highest BCUT2D eigenvalue weighted by atomic mass is 16.3. The number of nitrogens with two attached hydrogens (primary N) is 1. The van der Waals surface area contributed by atoms with Gasteiger partial charge >= 0.3 is 0 Å². The molecule has 2 aromatic rings. The Morgan fingerprint density at radius 2 is 2.16 bits per heavy atom. The van der Waals surface area contributed by atoms with Crippen LogP contribution in [-0.2, 0) is 4.79 Å². The van der Waals surface area contributed by atoms with E-state index in [0.717, 1.165) is 17.7 Å². The summed E-state index contributed by atoms with van der Waals surface area (Å²) in [7, 11) is 0. The van der Waals surface area contributed by atoms with Gasteiger partial charge in [-0.15, -0.1) is 0 Å². The average molecular weight is 259 g/mol. The number of benzene rings is 1. The molecule has 3 N–H and O–H groups in total. The van der Waals surface area contributed by atoms with Crippen molar-refractivity contribution in [2.24, 2.45) is 5.73 Å². The van der Waals surface area contributed by atoms with Crippen molar-refractivity contribution in [1.82, 2.24) is 4.98 Å². The number of nitrogens with zero attached hydrogens (tertiary/aromatic N) is 1. The maximum atomic E-state index is 11.7. The molecule has 5 heteroatoms. The van der Waals surface area contributed by atoms with Crippen molar-refractivity contribution in [3.8, 4) is 11.3 Å². The van der Waals surface area contributed by atoms with E-state index in [1.54, 1.807) is 6.20 Å². The largest absolute Gasteiger partial charge is 0.444 e. The van der Waals surface area contributed by atoms with Gasteiger partial charge in [0, 0.05) is 23.7 Å². The van der Waals surface area contributed by atoms with E-state index in [0.29, 0.717) is 12.2 Å². The fourth-order valence-corrected chi connectivity index (χ4v) is 1.67. The molecule has 0 aliphatic carbocycles. The third-order valence-electron chi connectivity index (χ3n) is 2.86. The van der Waals surface area contributed by atoms with Crippen LogP contribution < -0.4 is 11.1 Å². The van der Waals surface area contributed by atoms with Crippen LogP contribution in [0.3, 0.4) is 0 Å². The first kappa shape index (κ1) is 13.3. The van der Waals surface area contributed by atoms with E-state index >= 15 is 0 Å². The molecule has 1 amide bonds. The first-order valence-electron chi connectivity index (χ1n) is 6.23. The minimum absolute atomic E-state index is 0.0678. The van der Waals surface area contributed by atoms with E-state index in [-0.39, 0.29) is 11.9 Å². The molecule has 0 bridgehead atoms. The smallest absolute Gasteiger partial charge is 0.225 e. The Kier molecular flexibility index (Phi) is 4.30. The molecule has 0 fully saturated rings. The number of rotatable bonds is 5. The summed E-state index contributed by atoms with van der Waals surface area (Å²) in [5.74, 6) is 0.632. The number of hydrogen-bond donors (Lipinski definition) is 2. The van der Waals surface area contributed by atoms with Gasteiger partial charge < -0.3 is 15.5 Å². The van der Waals surface area contributed by atoms with Gasteiger partial charge in [0.05, 0.1) is 6.20 Å². The van der Waals surface area contributed by atoms with Gasteiger partial charge in [-0.2, -0.15) is 0 Å². The molecule has 5 nitrogen and oxygen atoms in total. The molecule has 0 radical (unpaired) electrons. The molecule has 0 spiro atoms. The highest BCUT2D eigenvalue weighted by Gasteiger charge is 2.08. The lowest BCUT2D eigenvalue weighted by molar-refractivity contribution is -0.116. The van der Waals surface area contributed by atoms with Crippen LogP contribution >= 0.6 is 0 Å². The Balaban J connectivity index is 1.97. The lowest BCUT2D eigenvalue weighted by atomic mass is 10.1. The fraction of sp³-hybridized carbons (Fsp3) is 0.286. The Hall–Kier alpha value is -2.14. The summed E-state index contributed by atoms with van der Waals surface area (Å²) < 4.78 is 5.19. The Bertz CT molecular complexity index is 520. The normalized spacial score (nSPS) is 12.1. The van der Waals surface area contributed by atoms with E-state index in [2.05, 4.69) is 10.3 Å². The number of hydrogen-bond acceptors (Lipinski definition) is 4. The highest BCUT2D eigenvalue weighted by molar-refractivity contribution is 5.91. The third kappa shape index (κ3) is 3.66. The van der Waals surface area contributed by atoms with Gasteiger partial charge in [-0.1, -0.05) is 6.92 Å². The molecule has 19 heavy (non-hydrogen) atoms. The molecule has 2 rings (SSSR count). The van der Waals surface area contributed by atoms with Crippen LogP contribution in [0.4, 0.5) is 5.69 Å². The van der Waals surface area contributed by atoms with Crippen molar-refractivity contribution in [3.63, 3.8) is 0 Å². The zero-order valence-corrected chi connectivity index (χ0v) is 10.8. The topological polar surface area (TPSA) is 81.2 Å². The summed E-state index contributed by atoms with van der Waals surface area (Å²) >= 11 is 0. The highest BCUT2D eigenvalue weighted by Crippen LogP contribution is 2.20. The SMILES string of the molecule is CCC(N)CC(=O)Nc1ccc(-c2cnco2)cc1. The van der Waals surface area contributed by atoms with E-state index in [1.807, 2.05) is 31.2 Å². The van der Waals surface area contributed by atoms with Crippen LogP contribution in [-0.4, -0.2) is 16.9 Å². The predicted molar refractivity (Wildman–Crippen MR) is 73.5 cm³/mol. The Morgan fingerprint density at radius 3 is 2.74 bits per heavy atom. The Morgan fingerprint density at radius 1 is 1.42 bits per heavy atom. The summed E-state index contributed by atoms with van der Waals surface area (Å²) in [6.07, 6.45) is 4.16. The standard InChI is InChI=1S/C14H17N3O2/c1-2-11(15)7-14(18)17-12-5-3-10(4-6-12)13-8-16-9-19-13/h3-6,8-9,11H,2,7,15H2,1H3,(H,17,18). The minimum atomic E-state index is -0.0894. The maximum Gasteiger partial charge on any atom is 0.225 e. The van der Waals surface area contributed by atoms with Crippen LogP contribution in [0.2, 0.25) is 0 Å². The molecule has 1 atom stereocenters. The molecule has 1 aromatic carbocycles. The summed E-state index contributed by atoms with van der Waals surface area (Å²) in [5, 5.41) is 2.81. The summed E-state index contributed by atoms with van der Waals surface area (Å²) in [6.45, 7) is 1.96. The number of carbonyl (C=O) groups excluding carboxylic acids is 1. The summed E-state index contributed by atoms with van der Waals surface area (Å²) in [4.78, 5) is 15.5. The van der Waals surface area contributed by atoms with Gasteiger partial charge in [-0.05, 0) is 30.7 Å². The zero-order valence-electron chi connectivity index (χ0n) is 10.8. The summed E-state index contributed by atoms with van der Waals surface area (Å²) in [5.41, 5.74) is 7.40. The monoisotopic (exact) mass is 259 g/mol. The molecule has 1 unspecified atom stereocenters. The maximum absolute atomic E-state index is 11.7. The number of carbonyl (C=O) groups is 1. The van der Waals surface area contributed by atoms with Crippen molar-refractivity contribution >= 4 is 11.6 Å². The first-order valence-corrected chi connectivity index (χ1v) is 6.23. The van der Waals surface area contributed by atoms with Crippen LogP contribution in [0.5, 0.6) is 0 Å². The molecule has 1 aromatic heterocycles. The lowest BCUT2D eigenvalue weighted by Crippen LogP contribution is -2.26. The third-order valence-corrected chi connectivity index (χ3v) is 2.86. The minimum Gasteiger partial charge on any atom is -0.444 e. The van der Waals surface area contributed by atoms with Crippen molar-refractivity contribution < 1.29 is 9.21 Å². The number of nitrogens with one attached hydrogen (secondary N) is 1. The van der Waals surface area contributed by atoms with E-state index in [9.17, 15) is 4.79 Å². The van der Waals surface area contributed by atoms with Crippen molar-refractivity contribution in [2.75, 3.05) is 5.32 Å². The predicted octanol–water partition coefficient (Wildman–Crippen LogP) is 2.41. The van der Waals surface area contributed by atoms with Crippen LogP contribution in [0.25, 0.3) is 11.3 Å². The summed E-state index contributed by atoms with van der Waals surface area (Å²) in [6, 6.07) is 7.31. The average Bonchev–Trinajstić information content (AvgIpc) is 2.93. The number of amides is 1. The van der Waals surface area contributed by atoms with Crippen molar-refractivity contribution in [2.45, 2.75) is 25.8 Å². The molecule has 0 aliphatic rings. The molecule has 0 saturated carbocycles. The van der Waals surface area contributed by atoms with Crippen molar-refractivity contribution in [1.29, 1.82) is 0 Å². The molecule has 1 heterocycles. The second kappa shape index (κ2) is 6.15. The Labute approximate surface area is 111 Å². The second-order valence-corrected chi connectivity index (χ2v) is 4.36. The first-order chi connectivity index (χ1) is 9.19. The van der Waals surface area contributed by atoms with Crippen molar-refractivity contribution in [3.05, 3.63) is 36.9 Å². The number of aromatic nitrogens is 1. The van der Waals surface area contributed by atoms with Gasteiger partial charge in [0.1, 0.15) is 0 Å². The van der Waals surface area contributed by atoms with Gasteiger partial charge in [0.25, 0.3) is 0 Å². The van der Waals surface area contributed by atoms with Gasteiger partial charge in [0.15, 0.2) is 12.2 Å². The molecular formula is C14H17N3O2. The van der Waals surface area contributed by atoms with Gasteiger partial charge in [0.2, 0.25) is 5.91 Å². The fourth-order valence-electron chi connectivity index (χ4n) is 1.67. The van der Waals surface area contributed by atoms with Gasteiger partial charge in [-0.25, -0.2) is 4.98 Å². The van der Waals surface area contributed by atoms with Crippen LogP contribution in [0.1, 0.15) is 19.8 Å². The van der Waals surface area contributed by atoms with E-state index < -0.39 is 0 Å². The molecular weight excluding hydrogens is 242 g/mol. The van der Waals surface area contributed by atoms with Crippen LogP contribution in [0, 0.1) is 0 Å². The van der Waals surface area contributed by atoms with Crippen LogP contribution in [0.15, 0.2) is 41.3 Å². The van der Waals surface area contributed by atoms with E-state index in [1.165, 1.54) is 6.39 Å².